The van der Waals surface area contributed by atoms with E-state index >= 15 is 0 Å². The zero-order valence-corrected chi connectivity index (χ0v) is 16.0. The van der Waals surface area contributed by atoms with Gasteiger partial charge in [-0.2, -0.15) is 11.8 Å². The van der Waals surface area contributed by atoms with Gasteiger partial charge in [-0.25, -0.2) is 9.37 Å². The summed E-state index contributed by atoms with van der Waals surface area (Å²) < 4.78 is 18.7. The molecule has 0 aliphatic rings. The molecule has 7 heteroatoms. The zero-order valence-electron chi connectivity index (χ0n) is 15.2. The summed E-state index contributed by atoms with van der Waals surface area (Å²) in [6, 6.07) is 9.67. The average molecular weight is 377 g/mol. The summed E-state index contributed by atoms with van der Waals surface area (Å²) in [6.45, 7) is 1.51. The summed E-state index contributed by atoms with van der Waals surface area (Å²) in [5, 5.41) is 6.55. The molecular formula is C19H25FN4OS. The van der Waals surface area contributed by atoms with E-state index in [-0.39, 0.29) is 5.82 Å². The number of unbranched alkanes of at least 4 members (excludes halogenated alkanes) is 1. The van der Waals surface area contributed by atoms with E-state index in [4.69, 9.17) is 4.74 Å². The van der Waals surface area contributed by atoms with E-state index in [0.29, 0.717) is 18.2 Å². The van der Waals surface area contributed by atoms with Crippen LogP contribution in [-0.2, 0) is 6.54 Å². The molecule has 0 atom stereocenters. The minimum Gasteiger partial charge on any atom is -0.439 e. The minimum absolute atomic E-state index is 0.337. The van der Waals surface area contributed by atoms with Crippen LogP contribution in [0.15, 0.2) is 47.6 Å². The lowest BCUT2D eigenvalue weighted by molar-refractivity contribution is 0.457. The van der Waals surface area contributed by atoms with Crippen molar-refractivity contribution < 1.29 is 9.13 Å². The van der Waals surface area contributed by atoms with E-state index in [1.807, 2.05) is 17.8 Å². The summed E-state index contributed by atoms with van der Waals surface area (Å²) in [5.74, 6) is 2.47. The molecular weight excluding hydrogens is 351 g/mol. The second-order valence-corrected chi connectivity index (χ2v) is 6.60. The predicted molar refractivity (Wildman–Crippen MR) is 107 cm³/mol. The first-order valence-corrected chi connectivity index (χ1v) is 9.92. The summed E-state index contributed by atoms with van der Waals surface area (Å²) in [4.78, 5) is 8.47. The molecule has 140 valence electrons. The van der Waals surface area contributed by atoms with Crippen LogP contribution in [0.1, 0.15) is 18.4 Å². The van der Waals surface area contributed by atoms with Crippen molar-refractivity contribution in [3.63, 3.8) is 0 Å². The number of thioether (sulfide) groups is 1. The van der Waals surface area contributed by atoms with E-state index in [9.17, 15) is 4.39 Å². The molecule has 0 aliphatic carbocycles. The Bertz CT molecular complexity index is 694. The van der Waals surface area contributed by atoms with E-state index in [0.717, 1.165) is 24.5 Å². The van der Waals surface area contributed by atoms with Gasteiger partial charge in [-0.3, -0.25) is 4.99 Å². The van der Waals surface area contributed by atoms with Crippen LogP contribution in [0.3, 0.4) is 0 Å². The van der Waals surface area contributed by atoms with Gasteiger partial charge in [-0.15, -0.1) is 0 Å². The van der Waals surface area contributed by atoms with Crippen molar-refractivity contribution in [2.45, 2.75) is 19.4 Å². The molecule has 0 aliphatic heterocycles. The number of hydrogen-bond donors (Lipinski definition) is 2. The largest absolute Gasteiger partial charge is 0.439 e. The molecule has 2 aromatic rings. The van der Waals surface area contributed by atoms with Crippen molar-refractivity contribution in [2.75, 3.05) is 25.6 Å². The van der Waals surface area contributed by atoms with Gasteiger partial charge in [0.15, 0.2) is 5.96 Å². The summed E-state index contributed by atoms with van der Waals surface area (Å²) >= 11 is 1.87. The highest BCUT2D eigenvalue weighted by Gasteiger charge is 2.02. The third-order valence-corrected chi connectivity index (χ3v) is 4.26. The van der Waals surface area contributed by atoms with Gasteiger partial charge in [0.2, 0.25) is 5.88 Å². The second-order valence-electron chi connectivity index (χ2n) is 5.62. The Balaban J connectivity index is 1.77. The maximum Gasteiger partial charge on any atom is 0.219 e. The molecule has 0 saturated heterocycles. The molecule has 0 spiro atoms. The van der Waals surface area contributed by atoms with Crippen LogP contribution in [0.4, 0.5) is 4.39 Å². The van der Waals surface area contributed by atoms with E-state index in [2.05, 4.69) is 26.9 Å². The molecule has 2 rings (SSSR count). The topological polar surface area (TPSA) is 58.5 Å². The molecule has 0 amide bonds. The normalized spacial score (nSPS) is 11.3. The van der Waals surface area contributed by atoms with Crippen molar-refractivity contribution in [2.24, 2.45) is 4.99 Å². The number of nitrogens with one attached hydrogen (secondary N) is 2. The molecule has 1 aromatic heterocycles. The van der Waals surface area contributed by atoms with E-state index < -0.39 is 0 Å². The standard InChI is InChI=1S/C19H25FN4OS/c1-21-19(22-10-3-4-11-26-2)24-14-15-8-9-18(23-13-15)25-17-7-5-6-16(20)12-17/h5-9,12-13H,3-4,10-11,14H2,1-2H3,(H2,21,22,24). The van der Waals surface area contributed by atoms with Crippen molar-refractivity contribution in [1.82, 2.24) is 15.6 Å². The van der Waals surface area contributed by atoms with Crippen molar-refractivity contribution in [3.05, 3.63) is 54.0 Å². The maximum atomic E-state index is 13.2. The van der Waals surface area contributed by atoms with Gasteiger partial charge in [0.25, 0.3) is 0 Å². The van der Waals surface area contributed by atoms with Gasteiger partial charge >= 0.3 is 0 Å². The predicted octanol–water partition coefficient (Wildman–Crippen LogP) is 3.82. The molecule has 1 heterocycles. The number of nitrogens with zero attached hydrogens (tertiary/aromatic N) is 2. The lowest BCUT2D eigenvalue weighted by atomic mass is 10.3. The lowest BCUT2D eigenvalue weighted by Gasteiger charge is -2.12. The molecule has 5 nitrogen and oxygen atoms in total. The quantitative estimate of drug-likeness (QED) is 0.396. The number of rotatable bonds is 9. The number of halogens is 1. The number of benzene rings is 1. The first-order chi connectivity index (χ1) is 12.7. The average Bonchev–Trinajstić information content (AvgIpc) is 2.65. The second kappa shape index (κ2) is 11.4. The Morgan fingerprint density at radius 2 is 2.12 bits per heavy atom. The van der Waals surface area contributed by atoms with Crippen LogP contribution >= 0.6 is 11.8 Å². The third-order valence-electron chi connectivity index (χ3n) is 3.57. The Hall–Kier alpha value is -2.28. The Morgan fingerprint density at radius 1 is 1.23 bits per heavy atom. The number of pyridine rings is 1. The maximum absolute atomic E-state index is 13.2. The van der Waals surface area contributed by atoms with Gasteiger partial charge in [-0.05, 0) is 42.5 Å². The number of guanidine groups is 1. The van der Waals surface area contributed by atoms with Crippen LogP contribution in [0.25, 0.3) is 0 Å². The highest BCUT2D eigenvalue weighted by molar-refractivity contribution is 7.98. The number of aromatic nitrogens is 1. The van der Waals surface area contributed by atoms with Crippen LogP contribution in [0, 0.1) is 5.82 Å². The van der Waals surface area contributed by atoms with Crippen LogP contribution in [0.5, 0.6) is 11.6 Å². The molecule has 26 heavy (non-hydrogen) atoms. The van der Waals surface area contributed by atoms with Gasteiger partial charge in [0, 0.05) is 38.5 Å². The lowest BCUT2D eigenvalue weighted by Crippen LogP contribution is -2.37. The van der Waals surface area contributed by atoms with Crippen LogP contribution in [0.2, 0.25) is 0 Å². The summed E-state index contributed by atoms with van der Waals surface area (Å²) in [7, 11) is 1.76. The minimum atomic E-state index is -0.337. The third kappa shape index (κ3) is 7.31. The fourth-order valence-corrected chi connectivity index (χ4v) is 2.70. The molecule has 2 N–H and O–H groups in total. The number of hydrogen-bond acceptors (Lipinski definition) is 4. The molecule has 0 radical (unpaired) electrons. The molecule has 0 fully saturated rings. The SMILES string of the molecule is CN=C(NCCCCSC)NCc1ccc(Oc2cccc(F)c2)nc1. The van der Waals surface area contributed by atoms with Gasteiger partial charge in [0.05, 0.1) is 0 Å². The van der Waals surface area contributed by atoms with Gasteiger partial charge in [0.1, 0.15) is 11.6 Å². The smallest absolute Gasteiger partial charge is 0.219 e. The van der Waals surface area contributed by atoms with E-state index in [1.165, 1.54) is 24.3 Å². The molecule has 0 saturated carbocycles. The Labute approximate surface area is 158 Å². The Morgan fingerprint density at radius 3 is 2.81 bits per heavy atom. The monoisotopic (exact) mass is 376 g/mol. The number of aliphatic imine (C=N–C) groups is 1. The first kappa shape index (κ1) is 20.0. The number of ether oxygens (including phenoxy) is 1. The molecule has 0 bridgehead atoms. The van der Waals surface area contributed by atoms with Crippen LogP contribution in [-0.4, -0.2) is 36.5 Å². The molecule has 0 unspecified atom stereocenters. The van der Waals surface area contributed by atoms with Crippen molar-refractivity contribution >= 4 is 17.7 Å². The first-order valence-electron chi connectivity index (χ1n) is 8.53. The molecule has 1 aromatic carbocycles. The van der Waals surface area contributed by atoms with Gasteiger partial charge < -0.3 is 15.4 Å². The fraction of sp³-hybridized carbons (Fsp3) is 0.368. The Kier molecular flexibility index (Phi) is 8.75. The van der Waals surface area contributed by atoms with Crippen LogP contribution < -0.4 is 15.4 Å². The fourth-order valence-electron chi connectivity index (χ4n) is 2.21. The summed E-state index contributed by atoms with van der Waals surface area (Å²) in [5.41, 5.74) is 1.00. The van der Waals surface area contributed by atoms with Crippen molar-refractivity contribution in [3.8, 4) is 11.6 Å². The summed E-state index contributed by atoms with van der Waals surface area (Å²) in [6.07, 6.45) is 6.17. The van der Waals surface area contributed by atoms with Gasteiger partial charge in [-0.1, -0.05) is 12.1 Å². The highest BCUT2D eigenvalue weighted by Crippen LogP contribution is 2.19. The van der Waals surface area contributed by atoms with E-state index in [1.54, 1.807) is 31.4 Å². The highest BCUT2D eigenvalue weighted by atomic mass is 32.2. The van der Waals surface area contributed by atoms with Crippen molar-refractivity contribution in [1.29, 1.82) is 0 Å². The zero-order chi connectivity index (χ0) is 18.6.